The third-order valence-corrected chi connectivity index (χ3v) is 6.75. The molecular weight excluding hydrogens is 573 g/mol. The van der Waals surface area contributed by atoms with Crippen molar-refractivity contribution < 1.29 is 22.7 Å². The van der Waals surface area contributed by atoms with Crippen molar-refractivity contribution in [2.45, 2.75) is 45.0 Å². The lowest BCUT2D eigenvalue weighted by Gasteiger charge is -2.18. The predicted octanol–water partition coefficient (Wildman–Crippen LogP) is 5.95. The largest absolute Gasteiger partial charge is 0.434 e. The van der Waals surface area contributed by atoms with Gasteiger partial charge >= 0.3 is 6.18 Å². The molecule has 0 aliphatic rings. The molecule has 0 aliphatic carbocycles. The van der Waals surface area contributed by atoms with E-state index in [0.717, 1.165) is 17.2 Å². The van der Waals surface area contributed by atoms with E-state index in [-0.39, 0.29) is 30.2 Å². The highest BCUT2D eigenvalue weighted by atomic mass is 19.4. The van der Waals surface area contributed by atoms with Crippen LogP contribution in [0.15, 0.2) is 59.3 Å². The number of fused-ring (bicyclic) bond motifs is 1. The van der Waals surface area contributed by atoms with Crippen LogP contribution in [0.1, 0.15) is 37.8 Å². The summed E-state index contributed by atoms with van der Waals surface area (Å²) >= 11 is 0. The number of benzene rings is 2. The molecule has 0 amide bonds. The maximum Gasteiger partial charge on any atom is 0.420 e. The van der Waals surface area contributed by atoms with Crippen molar-refractivity contribution in [1.82, 2.24) is 30.0 Å². The van der Waals surface area contributed by atoms with E-state index in [2.05, 4.69) is 36.9 Å². The molecular formula is C31H31F3N8O2. The number of unbranched alkanes of at least 4 members (excludes halogenated alkanes) is 1. The standard InChI is InChI=1S/C31H31F3N8O2/c1-30(2,43)17-36-16-19-12-23(31(32,33)34)27-24(13-19)40-29(44-27)25-14-20(15-26(39-25)37-11-7-6-10-35)21-8-4-5-9-22(21)28-41-38-18-42(28)3/h4-5,8-9,12-15,18,36,43H,6-7,11,16-17H2,1-3H3,(H,37,39). The van der Waals surface area contributed by atoms with Crippen molar-refractivity contribution in [2.75, 3.05) is 18.4 Å². The van der Waals surface area contributed by atoms with Crippen LogP contribution in [0.4, 0.5) is 19.0 Å². The number of pyridine rings is 1. The van der Waals surface area contributed by atoms with Crippen LogP contribution in [0.5, 0.6) is 0 Å². The van der Waals surface area contributed by atoms with Crippen LogP contribution in [0.3, 0.4) is 0 Å². The van der Waals surface area contributed by atoms with Gasteiger partial charge in [-0.25, -0.2) is 9.97 Å². The number of hydrogen-bond acceptors (Lipinski definition) is 9. The summed E-state index contributed by atoms with van der Waals surface area (Å²) in [6.45, 7) is 3.95. The summed E-state index contributed by atoms with van der Waals surface area (Å²) < 4.78 is 50.1. The van der Waals surface area contributed by atoms with Gasteiger partial charge in [0.1, 0.15) is 28.9 Å². The SMILES string of the molecule is Cn1cnnc1-c1ccccc1-c1cc(NCCCC#N)nc(-c2nc3cc(CNCC(C)(C)O)cc(C(F)(F)F)c3o2)c1. The molecule has 228 valence electrons. The van der Waals surface area contributed by atoms with E-state index < -0.39 is 22.9 Å². The first-order chi connectivity index (χ1) is 20.9. The zero-order valence-electron chi connectivity index (χ0n) is 24.4. The third kappa shape index (κ3) is 7.04. The Hall–Kier alpha value is -4.80. The Morgan fingerprint density at radius 3 is 2.52 bits per heavy atom. The molecule has 0 fully saturated rings. The number of nitriles is 1. The van der Waals surface area contributed by atoms with Gasteiger partial charge in [-0.05, 0) is 61.2 Å². The summed E-state index contributed by atoms with van der Waals surface area (Å²) in [4.78, 5) is 9.06. The first-order valence-corrected chi connectivity index (χ1v) is 13.9. The second-order valence-corrected chi connectivity index (χ2v) is 11.1. The molecule has 0 unspecified atom stereocenters. The first-order valence-electron chi connectivity index (χ1n) is 13.9. The Balaban J connectivity index is 1.61. The smallest absolute Gasteiger partial charge is 0.420 e. The number of oxazole rings is 1. The van der Waals surface area contributed by atoms with Crippen LogP contribution in [-0.4, -0.2) is 48.5 Å². The number of halogens is 3. The van der Waals surface area contributed by atoms with Gasteiger partial charge in [-0.2, -0.15) is 18.4 Å². The quantitative estimate of drug-likeness (QED) is 0.156. The number of rotatable bonds is 11. The summed E-state index contributed by atoms with van der Waals surface area (Å²) in [5.74, 6) is 0.994. The summed E-state index contributed by atoms with van der Waals surface area (Å²) in [5.41, 5.74) is 0.509. The fourth-order valence-corrected chi connectivity index (χ4v) is 4.75. The number of aryl methyl sites for hydroxylation is 1. The van der Waals surface area contributed by atoms with Gasteiger partial charge in [-0.1, -0.05) is 24.3 Å². The molecule has 3 N–H and O–H groups in total. The number of anilines is 1. The Bertz CT molecular complexity index is 1820. The summed E-state index contributed by atoms with van der Waals surface area (Å²) in [6, 6.07) is 15.8. The highest BCUT2D eigenvalue weighted by Crippen LogP contribution is 2.39. The van der Waals surface area contributed by atoms with Gasteiger partial charge in [0.2, 0.25) is 5.89 Å². The van der Waals surface area contributed by atoms with E-state index in [1.165, 1.54) is 6.07 Å². The number of aliphatic hydroxyl groups is 1. The van der Waals surface area contributed by atoms with Gasteiger partial charge in [0, 0.05) is 38.7 Å². The van der Waals surface area contributed by atoms with Gasteiger partial charge in [-0.15, -0.1) is 10.2 Å². The molecule has 3 heterocycles. The number of nitrogens with zero attached hydrogens (tertiary/aromatic N) is 6. The van der Waals surface area contributed by atoms with Gasteiger partial charge < -0.3 is 24.7 Å². The van der Waals surface area contributed by atoms with Crippen LogP contribution in [-0.2, 0) is 19.8 Å². The van der Waals surface area contributed by atoms with Gasteiger partial charge in [0.05, 0.1) is 11.7 Å². The average Bonchev–Trinajstić information content (AvgIpc) is 3.60. The molecule has 10 nitrogen and oxygen atoms in total. The van der Waals surface area contributed by atoms with E-state index in [0.29, 0.717) is 42.2 Å². The fourth-order valence-electron chi connectivity index (χ4n) is 4.75. The van der Waals surface area contributed by atoms with Gasteiger partial charge in [-0.3, -0.25) is 0 Å². The van der Waals surface area contributed by atoms with Crippen LogP contribution in [0.2, 0.25) is 0 Å². The normalized spacial score (nSPS) is 12.0. The molecule has 0 atom stereocenters. The predicted molar refractivity (Wildman–Crippen MR) is 159 cm³/mol. The van der Waals surface area contributed by atoms with E-state index in [1.54, 1.807) is 30.8 Å². The number of nitrogens with one attached hydrogen (secondary N) is 2. The lowest BCUT2D eigenvalue weighted by molar-refractivity contribution is -0.136. The molecule has 44 heavy (non-hydrogen) atoms. The molecule has 0 bridgehead atoms. The molecule has 5 rings (SSSR count). The van der Waals surface area contributed by atoms with Crippen molar-refractivity contribution in [3.05, 3.63) is 66.0 Å². The minimum atomic E-state index is -4.70. The van der Waals surface area contributed by atoms with E-state index in [1.807, 2.05) is 37.4 Å². The third-order valence-electron chi connectivity index (χ3n) is 6.75. The molecule has 0 aliphatic heterocycles. The van der Waals surface area contributed by atoms with Crippen molar-refractivity contribution in [2.24, 2.45) is 7.05 Å². The Morgan fingerprint density at radius 2 is 1.84 bits per heavy atom. The molecule has 3 aromatic heterocycles. The maximum absolute atomic E-state index is 14.2. The van der Waals surface area contributed by atoms with Crippen molar-refractivity contribution in [1.29, 1.82) is 5.26 Å². The topological polar surface area (TPSA) is 138 Å². The number of alkyl halides is 3. The second kappa shape index (κ2) is 12.4. The summed E-state index contributed by atoms with van der Waals surface area (Å²) in [7, 11) is 1.83. The molecule has 0 spiro atoms. The summed E-state index contributed by atoms with van der Waals surface area (Å²) in [6.07, 6.45) is -2.17. The Kier molecular flexibility index (Phi) is 8.66. The highest BCUT2D eigenvalue weighted by Gasteiger charge is 2.35. The molecule has 0 saturated heterocycles. The Labute approximate surface area is 251 Å². The molecule has 0 radical (unpaired) electrons. The van der Waals surface area contributed by atoms with Crippen LogP contribution >= 0.6 is 0 Å². The summed E-state index contributed by atoms with van der Waals surface area (Å²) in [5, 5.41) is 33.3. The minimum absolute atomic E-state index is 0.0325. The Morgan fingerprint density at radius 1 is 1.07 bits per heavy atom. The average molecular weight is 605 g/mol. The van der Waals surface area contributed by atoms with Crippen molar-refractivity contribution in [3.8, 4) is 40.2 Å². The van der Waals surface area contributed by atoms with Gasteiger partial charge in [0.15, 0.2) is 11.4 Å². The van der Waals surface area contributed by atoms with Crippen LogP contribution in [0.25, 0.3) is 45.2 Å². The second-order valence-electron chi connectivity index (χ2n) is 11.1. The monoisotopic (exact) mass is 604 g/mol. The highest BCUT2D eigenvalue weighted by molar-refractivity contribution is 5.85. The maximum atomic E-state index is 14.2. The number of aromatic nitrogens is 5. The molecule has 5 aromatic rings. The zero-order valence-corrected chi connectivity index (χ0v) is 24.4. The van der Waals surface area contributed by atoms with E-state index in [4.69, 9.17) is 9.68 Å². The minimum Gasteiger partial charge on any atom is -0.434 e. The number of hydrogen-bond donors (Lipinski definition) is 3. The van der Waals surface area contributed by atoms with E-state index >= 15 is 0 Å². The lowest BCUT2D eigenvalue weighted by Crippen LogP contribution is -2.34. The van der Waals surface area contributed by atoms with Crippen LogP contribution in [0, 0.1) is 11.3 Å². The zero-order chi connectivity index (χ0) is 31.5. The van der Waals surface area contributed by atoms with Crippen LogP contribution < -0.4 is 10.6 Å². The molecule has 2 aromatic carbocycles. The fraction of sp³-hybridized carbons (Fsp3) is 0.323. The van der Waals surface area contributed by atoms with Gasteiger partial charge in [0.25, 0.3) is 0 Å². The first kappa shape index (κ1) is 30.7. The van der Waals surface area contributed by atoms with E-state index in [9.17, 15) is 18.3 Å². The van der Waals surface area contributed by atoms with Crippen molar-refractivity contribution in [3.63, 3.8) is 0 Å². The molecule has 13 heteroatoms. The molecule has 0 saturated carbocycles. The lowest BCUT2D eigenvalue weighted by atomic mass is 9.99. The van der Waals surface area contributed by atoms with Crippen molar-refractivity contribution >= 4 is 16.9 Å².